The van der Waals surface area contributed by atoms with Crippen LogP contribution in [0, 0.1) is 0 Å². The normalized spacial score (nSPS) is 10.4. The van der Waals surface area contributed by atoms with Crippen molar-refractivity contribution < 1.29 is 14.3 Å². The van der Waals surface area contributed by atoms with Gasteiger partial charge in [-0.2, -0.15) is 0 Å². The lowest BCUT2D eigenvalue weighted by Crippen LogP contribution is -2.27. The van der Waals surface area contributed by atoms with E-state index >= 15 is 0 Å². The molecule has 0 saturated heterocycles. The summed E-state index contributed by atoms with van der Waals surface area (Å²) >= 11 is 7.19. The summed E-state index contributed by atoms with van der Waals surface area (Å²) < 4.78 is 5.10. The summed E-state index contributed by atoms with van der Waals surface area (Å²) in [5.41, 5.74) is 1.53. The number of nitrogens with one attached hydrogen (secondary N) is 2. The minimum atomic E-state index is -0.266. The van der Waals surface area contributed by atoms with Gasteiger partial charge < -0.3 is 15.4 Å². The van der Waals surface area contributed by atoms with Gasteiger partial charge in [-0.05, 0) is 35.9 Å². The molecule has 2 aromatic carbocycles. The first kappa shape index (κ1) is 20.8. The second-order valence-electron chi connectivity index (χ2n) is 6.09. The number of amides is 2. The highest BCUT2D eigenvalue weighted by Gasteiger charge is 2.11. The molecule has 1 aromatic heterocycles. The van der Waals surface area contributed by atoms with Crippen LogP contribution >= 0.6 is 22.9 Å². The highest BCUT2D eigenvalue weighted by Crippen LogP contribution is 2.20. The van der Waals surface area contributed by atoms with Crippen LogP contribution in [0.2, 0.25) is 5.02 Å². The number of benzene rings is 2. The van der Waals surface area contributed by atoms with E-state index in [1.165, 1.54) is 18.4 Å². The fourth-order valence-corrected chi connectivity index (χ4v) is 3.41. The number of hydrogen-bond acceptors (Lipinski definition) is 6. The quantitative estimate of drug-likeness (QED) is 0.570. The molecule has 150 valence electrons. The number of nitrogens with zero attached hydrogens (tertiary/aromatic N) is 2. The predicted octanol–water partition coefficient (Wildman–Crippen LogP) is 3.55. The van der Waals surface area contributed by atoms with Gasteiger partial charge >= 0.3 is 0 Å². The fraction of sp³-hybridized carbons (Fsp3) is 0.200. The molecule has 9 heteroatoms. The Morgan fingerprint density at radius 3 is 2.69 bits per heavy atom. The van der Waals surface area contributed by atoms with Crippen LogP contribution in [0.15, 0.2) is 48.5 Å². The minimum absolute atomic E-state index is 0.127. The highest BCUT2D eigenvalue weighted by atomic mass is 35.5. The van der Waals surface area contributed by atoms with Crippen molar-refractivity contribution >= 4 is 39.9 Å². The maximum Gasteiger partial charge on any atom is 0.251 e. The molecule has 7 nitrogen and oxygen atoms in total. The average Bonchev–Trinajstić information content (AvgIpc) is 3.16. The van der Waals surface area contributed by atoms with Crippen molar-refractivity contribution in [1.82, 2.24) is 15.5 Å². The Kier molecular flexibility index (Phi) is 7.15. The van der Waals surface area contributed by atoms with Gasteiger partial charge in [-0.3, -0.25) is 9.59 Å². The van der Waals surface area contributed by atoms with Crippen molar-refractivity contribution in [3.8, 4) is 5.75 Å². The number of hydrogen-bond donors (Lipinski definition) is 2. The van der Waals surface area contributed by atoms with Crippen LogP contribution in [0.4, 0.5) is 5.13 Å². The Hall–Kier alpha value is -2.97. The average molecular weight is 431 g/mol. The van der Waals surface area contributed by atoms with Gasteiger partial charge in [0.15, 0.2) is 0 Å². The molecule has 0 atom stereocenters. The fourth-order valence-electron chi connectivity index (χ4n) is 2.49. The van der Waals surface area contributed by atoms with Crippen LogP contribution in [-0.4, -0.2) is 35.7 Å². The Balaban J connectivity index is 1.44. The molecule has 0 aliphatic heterocycles. The topological polar surface area (TPSA) is 93.2 Å². The molecule has 0 unspecified atom stereocenters. The van der Waals surface area contributed by atoms with Gasteiger partial charge in [0.05, 0.1) is 7.11 Å². The van der Waals surface area contributed by atoms with E-state index in [0.29, 0.717) is 27.9 Å². The van der Waals surface area contributed by atoms with Gasteiger partial charge in [0, 0.05) is 30.0 Å². The summed E-state index contributed by atoms with van der Waals surface area (Å²) in [6.45, 7) is 0.207. The van der Waals surface area contributed by atoms with Crippen molar-refractivity contribution in [2.75, 3.05) is 19.0 Å². The van der Waals surface area contributed by atoms with E-state index in [1.54, 1.807) is 24.3 Å². The maximum atomic E-state index is 12.1. The summed E-state index contributed by atoms with van der Waals surface area (Å²) in [5.74, 6) is 0.0871. The van der Waals surface area contributed by atoms with E-state index in [0.717, 1.165) is 10.6 Å². The van der Waals surface area contributed by atoms with E-state index in [2.05, 4.69) is 20.8 Å². The van der Waals surface area contributed by atoms with Gasteiger partial charge in [-0.25, -0.2) is 0 Å². The van der Waals surface area contributed by atoms with Crippen LogP contribution in [0.3, 0.4) is 0 Å². The SMILES string of the molecule is COc1cccc(C(=O)NCCC(=O)Nc2nnc(Cc3ccc(Cl)cc3)s2)c1. The van der Waals surface area contributed by atoms with E-state index in [1.807, 2.05) is 24.3 Å². The summed E-state index contributed by atoms with van der Waals surface area (Å²) in [7, 11) is 1.54. The van der Waals surface area contributed by atoms with Crippen LogP contribution < -0.4 is 15.4 Å². The minimum Gasteiger partial charge on any atom is -0.497 e. The van der Waals surface area contributed by atoms with Crippen molar-refractivity contribution in [3.63, 3.8) is 0 Å². The van der Waals surface area contributed by atoms with Crippen molar-refractivity contribution in [1.29, 1.82) is 0 Å². The second kappa shape index (κ2) is 9.99. The lowest BCUT2D eigenvalue weighted by molar-refractivity contribution is -0.116. The Morgan fingerprint density at radius 1 is 1.14 bits per heavy atom. The molecule has 0 aliphatic rings. The first-order chi connectivity index (χ1) is 14.0. The van der Waals surface area contributed by atoms with Crippen molar-refractivity contribution in [2.45, 2.75) is 12.8 Å². The van der Waals surface area contributed by atoms with E-state index in [9.17, 15) is 9.59 Å². The molecule has 1 heterocycles. The monoisotopic (exact) mass is 430 g/mol. The molecule has 2 N–H and O–H groups in total. The Morgan fingerprint density at radius 2 is 1.93 bits per heavy atom. The number of carbonyl (C=O) groups excluding carboxylic acids is 2. The van der Waals surface area contributed by atoms with Crippen LogP contribution in [0.1, 0.15) is 27.3 Å². The predicted molar refractivity (Wildman–Crippen MR) is 113 cm³/mol. The van der Waals surface area contributed by atoms with Gasteiger partial charge in [0.25, 0.3) is 5.91 Å². The van der Waals surface area contributed by atoms with E-state index < -0.39 is 0 Å². The smallest absolute Gasteiger partial charge is 0.251 e. The van der Waals surface area contributed by atoms with Crippen LogP contribution in [-0.2, 0) is 11.2 Å². The van der Waals surface area contributed by atoms with Crippen LogP contribution in [0.5, 0.6) is 5.75 Å². The molecular weight excluding hydrogens is 412 g/mol. The third kappa shape index (κ3) is 6.27. The number of carbonyl (C=O) groups is 2. The lowest BCUT2D eigenvalue weighted by atomic mass is 10.2. The van der Waals surface area contributed by atoms with Gasteiger partial charge in [-0.1, -0.05) is 41.1 Å². The third-order valence-corrected chi connectivity index (χ3v) is 5.04. The summed E-state index contributed by atoms with van der Waals surface area (Å²) in [4.78, 5) is 24.2. The Bertz CT molecular complexity index is 991. The number of halogens is 1. The van der Waals surface area contributed by atoms with E-state index in [-0.39, 0.29) is 24.8 Å². The van der Waals surface area contributed by atoms with Gasteiger partial charge in [0.1, 0.15) is 10.8 Å². The molecule has 29 heavy (non-hydrogen) atoms. The zero-order valence-electron chi connectivity index (χ0n) is 15.6. The standard InChI is InChI=1S/C20H19ClN4O3S/c1-28-16-4-2-3-14(12-16)19(27)22-10-9-17(26)23-20-25-24-18(29-20)11-13-5-7-15(21)8-6-13/h2-8,12H,9-11H2,1H3,(H,22,27)(H,23,25,26). The van der Waals surface area contributed by atoms with Gasteiger partial charge in [-0.15, -0.1) is 10.2 Å². The first-order valence-corrected chi connectivity index (χ1v) is 10.0. The van der Waals surface area contributed by atoms with E-state index in [4.69, 9.17) is 16.3 Å². The molecule has 0 bridgehead atoms. The van der Waals surface area contributed by atoms with Gasteiger partial charge in [0.2, 0.25) is 11.0 Å². The largest absolute Gasteiger partial charge is 0.497 e. The molecule has 2 amide bonds. The molecule has 0 fully saturated rings. The first-order valence-electron chi connectivity index (χ1n) is 8.82. The highest BCUT2D eigenvalue weighted by molar-refractivity contribution is 7.15. The number of anilines is 1. The molecule has 0 radical (unpaired) electrons. The zero-order chi connectivity index (χ0) is 20.6. The molecule has 3 rings (SSSR count). The molecule has 0 aliphatic carbocycles. The second-order valence-corrected chi connectivity index (χ2v) is 7.59. The summed E-state index contributed by atoms with van der Waals surface area (Å²) in [6.07, 6.45) is 0.739. The number of methoxy groups -OCH3 is 1. The third-order valence-electron chi connectivity index (χ3n) is 3.95. The molecule has 0 saturated carbocycles. The maximum absolute atomic E-state index is 12.1. The lowest BCUT2D eigenvalue weighted by Gasteiger charge is -2.06. The zero-order valence-corrected chi connectivity index (χ0v) is 17.2. The molecular formula is C20H19ClN4O3S. The summed E-state index contributed by atoms with van der Waals surface area (Å²) in [5, 5.41) is 15.4. The number of ether oxygens (including phenoxy) is 1. The number of rotatable bonds is 8. The number of aromatic nitrogens is 2. The van der Waals surface area contributed by atoms with Crippen LogP contribution in [0.25, 0.3) is 0 Å². The van der Waals surface area contributed by atoms with Crippen molar-refractivity contribution in [2.24, 2.45) is 0 Å². The van der Waals surface area contributed by atoms with Crippen molar-refractivity contribution in [3.05, 3.63) is 69.7 Å². The Labute approximate surface area is 177 Å². The summed E-state index contributed by atoms with van der Waals surface area (Å²) in [6, 6.07) is 14.3. The molecule has 3 aromatic rings. The molecule has 0 spiro atoms.